The van der Waals surface area contributed by atoms with Crippen LogP contribution in [0.5, 0.6) is 0 Å². The summed E-state index contributed by atoms with van der Waals surface area (Å²) in [4.78, 5) is 4.26. The zero-order chi connectivity index (χ0) is 8.55. The molecule has 0 spiro atoms. The lowest BCUT2D eigenvalue weighted by Gasteiger charge is -2.14. The average molecular weight is 159 g/mol. The minimum atomic E-state index is 0.451. The Morgan fingerprint density at radius 3 is 2.92 bits per heavy atom. The third-order valence-electron chi connectivity index (χ3n) is 2.34. The van der Waals surface area contributed by atoms with Crippen molar-refractivity contribution in [2.45, 2.75) is 13.8 Å². The maximum atomic E-state index is 4.26. The molecule has 2 rings (SSSR count). The SMILES string of the molecule is CC(C)C1=CC2C=CN=C2C=C1. The number of hydrogen-bond donors (Lipinski definition) is 0. The van der Waals surface area contributed by atoms with E-state index in [9.17, 15) is 0 Å². The minimum Gasteiger partial charge on any atom is -0.261 e. The molecule has 0 aromatic carbocycles. The van der Waals surface area contributed by atoms with Crippen molar-refractivity contribution in [2.75, 3.05) is 0 Å². The summed E-state index contributed by atoms with van der Waals surface area (Å²) >= 11 is 0. The largest absolute Gasteiger partial charge is 0.261 e. The van der Waals surface area contributed by atoms with Gasteiger partial charge in [-0.15, -0.1) is 0 Å². The van der Waals surface area contributed by atoms with E-state index in [1.165, 1.54) is 11.3 Å². The zero-order valence-corrected chi connectivity index (χ0v) is 7.49. The van der Waals surface area contributed by atoms with Crippen molar-refractivity contribution in [3.8, 4) is 0 Å². The molecule has 1 unspecified atom stereocenters. The number of hydrogen-bond acceptors (Lipinski definition) is 1. The van der Waals surface area contributed by atoms with Crippen LogP contribution < -0.4 is 0 Å². The van der Waals surface area contributed by atoms with Crippen molar-refractivity contribution in [2.24, 2.45) is 16.8 Å². The normalized spacial score (nSPS) is 25.8. The van der Waals surface area contributed by atoms with Gasteiger partial charge in [0.15, 0.2) is 0 Å². The predicted molar refractivity (Wildman–Crippen MR) is 52.1 cm³/mol. The zero-order valence-electron chi connectivity index (χ0n) is 7.49. The molecule has 1 aliphatic heterocycles. The Morgan fingerprint density at radius 1 is 1.33 bits per heavy atom. The van der Waals surface area contributed by atoms with Crippen LogP contribution in [0.2, 0.25) is 0 Å². The fourth-order valence-electron chi connectivity index (χ4n) is 1.53. The molecule has 1 atom stereocenters. The summed E-state index contributed by atoms with van der Waals surface area (Å²) in [5.74, 6) is 1.07. The lowest BCUT2D eigenvalue weighted by atomic mass is 9.90. The minimum absolute atomic E-state index is 0.451. The van der Waals surface area contributed by atoms with Crippen LogP contribution in [0, 0.1) is 11.8 Å². The van der Waals surface area contributed by atoms with Gasteiger partial charge in [-0.1, -0.05) is 32.1 Å². The summed E-state index contributed by atoms with van der Waals surface area (Å²) in [6.07, 6.45) is 10.6. The highest BCUT2D eigenvalue weighted by atomic mass is 14.7. The third-order valence-corrected chi connectivity index (χ3v) is 2.34. The second kappa shape index (κ2) is 2.74. The molecule has 0 radical (unpaired) electrons. The molecule has 1 nitrogen and oxygen atoms in total. The second-order valence-corrected chi connectivity index (χ2v) is 3.58. The van der Waals surface area contributed by atoms with Crippen LogP contribution >= 0.6 is 0 Å². The first-order chi connectivity index (χ1) is 5.77. The van der Waals surface area contributed by atoms with Crippen molar-refractivity contribution in [3.63, 3.8) is 0 Å². The van der Waals surface area contributed by atoms with E-state index in [2.05, 4.69) is 43.1 Å². The summed E-state index contributed by atoms with van der Waals surface area (Å²) in [5.41, 5.74) is 2.60. The molecule has 0 saturated carbocycles. The van der Waals surface area contributed by atoms with E-state index in [0.717, 1.165) is 0 Å². The quantitative estimate of drug-likeness (QED) is 0.558. The molecular formula is C11H13N. The Morgan fingerprint density at radius 2 is 2.17 bits per heavy atom. The molecule has 12 heavy (non-hydrogen) atoms. The van der Waals surface area contributed by atoms with Crippen LogP contribution in [0.15, 0.2) is 41.1 Å². The van der Waals surface area contributed by atoms with Gasteiger partial charge in [-0.05, 0) is 17.6 Å². The van der Waals surface area contributed by atoms with Crippen LogP contribution in [-0.2, 0) is 0 Å². The molecule has 0 N–H and O–H groups in total. The summed E-state index contributed by atoms with van der Waals surface area (Å²) in [7, 11) is 0. The number of fused-ring (bicyclic) bond motifs is 1. The number of nitrogens with zero attached hydrogens (tertiary/aromatic N) is 1. The molecule has 1 heterocycles. The molecule has 0 aromatic heterocycles. The molecule has 0 bridgehead atoms. The Hall–Kier alpha value is -1.11. The number of aliphatic imine (C=N–C) groups is 1. The van der Waals surface area contributed by atoms with E-state index < -0.39 is 0 Å². The Kier molecular flexibility index (Phi) is 1.72. The van der Waals surface area contributed by atoms with Gasteiger partial charge in [0, 0.05) is 12.1 Å². The van der Waals surface area contributed by atoms with Crippen molar-refractivity contribution in [3.05, 3.63) is 36.1 Å². The van der Waals surface area contributed by atoms with Gasteiger partial charge in [-0.2, -0.15) is 0 Å². The van der Waals surface area contributed by atoms with E-state index in [1.807, 2.05) is 6.20 Å². The van der Waals surface area contributed by atoms with E-state index >= 15 is 0 Å². The van der Waals surface area contributed by atoms with E-state index in [0.29, 0.717) is 11.8 Å². The predicted octanol–water partition coefficient (Wildman–Crippen LogP) is 2.72. The van der Waals surface area contributed by atoms with Gasteiger partial charge in [-0.3, -0.25) is 4.99 Å². The highest BCUT2D eigenvalue weighted by Gasteiger charge is 2.16. The Balaban J connectivity index is 2.28. The van der Waals surface area contributed by atoms with Crippen molar-refractivity contribution in [1.29, 1.82) is 0 Å². The molecule has 0 aromatic rings. The summed E-state index contributed by atoms with van der Waals surface area (Å²) in [5, 5.41) is 0. The summed E-state index contributed by atoms with van der Waals surface area (Å²) in [6, 6.07) is 0. The molecule has 2 aliphatic rings. The highest BCUT2D eigenvalue weighted by molar-refractivity contribution is 6.02. The Bertz CT molecular complexity index is 303. The first-order valence-electron chi connectivity index (χ1n) is 4.41. The van der Waals surface area contributed by atoms with Crippen LogP contribution in [0.3, 0.4) is 0 Å². The van der Waals surface area contributed by atoms with Gasteiger partial charge in [0.2, 0.25) is 0 Å². The third kappa shape index (κ3) is 1.15. The first kappa shape index (κ1) is 7.53. The maximum absolute atomic E-state index is 4.26. The molecule has 62 valence electrons. The topological polar surface area (TPSA) is 12.4 Å². The second-order valence-electron chi connectivity index (χ2n) is 3.58. The summed E-state index contributed by atoms with van der Waals surface area (Å²) in [6.45, 7) is 4.44. The molecular weight excluding hydrogens is 146 g/mol. The molecule has 0 fully saturated rings. The van der Waals surface area contributed by atoms with Crippen molar-refractivity contribution < 1.29 is 0 Å². The van der Waals surface area contributed by atoms with Crippen LogP contribution in [-0.4, -0.2) is 5.71 Å². The summed E-state index contributed by atoms with van der Waals surface area (Å²) < 4.78 is 0. The standard InChI is InChI=1S/C11H13N/c1-8(2)9-3-4-11-10(7-9)5-6-12-11/h3-8,10H,1-2H3. The molecule has 0 saturated heterocycles. The maximum Gasteiger partial charge on any atom is 0.0511 e. The lowest BCUT2D eigenvalue weighted by molar-refractivity contribution is 0.780. The lowest BCUT2D eigenvalue weighted by Crippen LogP contribution is -2.09. The number of allylic oxidation sites excluding steroid dienone is 5. The van der Waals surface area contributed by atoms with E-state index in [1.54, 1.807) is 0 Å². The van der Waals surface area contributed by atoms with Crippen molar-refractivity contribution in [1.82, 2.24) is 0 Å². The smallest absolute Gasteiger partial charge is 0.0511 e. The van der Waals surface area contributed by atoms with Crippen LogP contribution in [0.25, 0.3) is 0 Å². The fourth-order valence-corrected chi connectivity index (χ4v) is 1.53. The monoisotopic (exact) mass is 159 g/mol. The van der Waals surface area contributed by atoms with Gasteiger partial charge >= 0.3 is 0 Å². The van der Waals surface area contributed by atoms with Gasteiger partial charge < -0.3 is 0 Å². The fraction of sp³-hybridized carbons (Fsp3) is 0.364. The average Bonchev–Trinajstić information content (AvgIpc) is 2.49. The molecule has 0 amide bonds. The first-order valence-corrected chi connectivity index (χ1v) is 4.41. The van der Waals surface area contributed by atoms with Gasteiger partial charge in [0.25, 0.3) is 0 Å². The van der Waals surface area contributed by atoms with Gasteiger partial charge in [0.05, 0.1) is 5.71 Å². The van der Waals surface area contributed by atoms with Gasteiger partial charge in [0.1, 0.15) is 0 Å². The van der Waals surface area contributed by atoms with Crippen LogP contribution in [0.4, 0.5) is 0 Å². The van der Waals surface area contributed by atoms with E-state index in [4.69, 9.17) is 0 Å². The Labute approximate surface area is 73.2 Å². The molecule has 1 heteroatoms. The molecule has 1 aliphatic carbocycles. The number of rotatable bonds is 1. The highest BCUT2D eigenvalue weighted by Crippen LogP contribution is 2.24. The van der Waals surface area contributed by atoms with Gasteiger partial charge in [-0.25, -0.2) is 0 Å². The van der Waals surface area contributed by atoms with Crippen molar-refractivity contribution >= 4 is 5.71 Å². The van der Waals surface area contributed by atoms with E-state index in [-0.39, 0.29) is 0 Å². The van der Waals surface area contributed by atoms with Crippen LogP contribution in [0.1, 0.15) is 13.8 Å².